The van der Waals surface area contributed by atoms with Gasteiger partial charge in [0.2, 0.25) is 0 Å². The number of amides is 1. The quantitative estimate of drug-likeness (QED) is 0.595. The number of methoxy groups -OCH3 is 1. The number of piperazine rings is 1. The standard InChI is InChI=1S/C27H31N3O2/c1-4-29-16-18-30(19-17-29)23-12-10-22(11-13-23)28-27(31)26-7-5-6-25(20(26)2)21-8-14-24(32-3)15-9-21/h5-15H,4,16-19H2,1-3H3,(H,28,31). The van der Waals surface area contributed by atoms with Crippen LogP contribution in [0.5, 0.6) is 5.75 Å². The van der Waals surface area contributed by atoms with E-state index in [4.69, 9.17) is 4.74 Å². The Morgan fingerprint density at radius 1 is 0.938 bits per heavy atom. The molecule has 4 rings (SSSR count). The summed E-state index contributed by atoms with van der Waals surface area (Å²) in [6, 6.07) is 21.9. The largest absolute Gasteiger partial charge is 0.497 e. The second-order valence-electron chi connectivity index (χ2n) is 8.13. The minimum Gasteiger partial charge on any atom is -0.497 e. The summed E-state index contributed by atoms with van der Waals surface area (Å²) in [7, 11) is 1.66. The zero-order chi connectivity index (χ0) is 22.5. The number of carbonyl (C=O) groups excluding carboxylic acids is 1. The van der Waals surface area contributed by atoms with Gasteiger partial charge in [-0.05, 0) is 72.6 Å². The molecule has 0 radical (unpaired) electrons. The van der Waals surface area contributed by atoms with Crippen LogP contribution < -0.4 is 15.0 Å². The Bertz CT molecular complexity index is 1050. The molecule has 1 N–H and O–H groups in total. The maximum absolute atomic E-state index is 13.0. The van der Waals surface area contributed by atoms with Crippen molar-refractivity contribution >= 4 is 17.3 Å². The van der Waals surface area contributed by atoms with E-state index in [1.165, 1.54) is 5.69 Å². The van der Waals surface area contributed by atoms with E-state index < -0.39 is 0 Å². The van der Waals surface area contributed by atoms with E-state index in [1.807, 2.05) is 61.5 Å². The molecule has 1 fully saturated rings. The van der Waals surface area contributed by atoms with Gasteiger partial charge in [-0.3, -0.25) is 4.79 Å². The van der Waals surface area contributed by atoms with Crippen molar-refractivity contribution in [1.29, 1.82) is 0 Å². The summed E-state index contributed by atoms with van der Waals surface area (Å²) >= 11 is 0. The highest BCUT2D eigenvalue weighted by molar-refractivity contribution is 6.06. The van der Waals surface area contributed by atoms with E-state index in [0.717, 1.165) is 60.9 Å². The lowest BCUT2D eigenvalue weighted by Gasteiger charge is -2.35. The van der Waals surface area contributed by atoms with Gasteiger partial charge < -0.3 is 19.9 Å². The molecule has 0 bridgehead atoms. The fourth-order valence-electron chi connectivity index (χ4n) is 4.24. The minimum atomic E-state index is -0.0952. The van der Waals surface area contributed by atoms with Crippen molar-refractivity contribution in [1.82, 2.24) is 4.90 Å². The van der Waals surface area contributed by atoms with Gasteiger partial charge in [0, 0.05) is 43.1 Å². The molecule has 32 heavy (non-hydrogen) atoms. The fourth-order valence-corrected chi connectivity index (χ4v) is 4.24. The zero-order valence-corrected chi connectivity index (χ0v) is 19.1. The number of benzene rings is 3. The predicted molar refractivity (Wildman–Crippen MR) is 132 cm³/mol. The number of carbonyl (C=O) groups is 1. The molecule has 5 heteroatoms. The maximum atomic E-state index is 13.0. The number of anilines is 2. The fraction of sp³-hybridized carbons (Fsp3) is 0.296. The SMILES string of the molecule is CCN1CCN(c2ccc(NC(=O)c3cccc(-c4ccc(OC)cc4)c3C)cc2)CC1. The van der Waals surface area contributed by atoms with Crippen molar-refractivity contribution in [2.75, 3.05) is 50.1 Å². The lowest BCUT2D eigenvalue weighted by molar-refractivity contribution is 0.102. The molecule has 1 heterocycles. The average molecular weight is 430 g/mol. The van der Waals surface area contributed by atoms with E-state index in [-0.39, 0.29) is 5.91 Å². The molecule has 0 aliphatic carbocycles. The molecule has 0 unspecified atom stereocenters. The van der Waals surface area contributed by atoms with Gasteiger partial charge >= 0.3 is 0 Å². The zero-order valence-electron chi connectivity index (χ0n) is 19.1. The molecule has 0 saturated carbocycles. The van der Waals surface area contributed by atoms with Crippen molar-refractivity contribution < 1.29 is 9.53 Å². The van der Waals surface area contributed by atoms with Gasteiger partial charge in [-0.25, -0.2) is 0 Å². The van der Waals surface area contributed by atoms with Crippen molar-refractivity contribution in [3.8, 4) is 16.9 Å². The summed E-state index contributed by atoms with van der Waals surface area (Å²) in [6.45, 7) is 9.58. The molecule has 1 aliphatic rings. The van der Waals surface area contributed by atoms with E-state index in [9.17, 15) is 4.79 Å². The lowest BCUT2D eigenvalue weighted by atomic mass is 9.96. The summed E-state index contributed by atoms with van der Waals surface area (Å²) < 4.78 is 5.25. The molecule has 0 spiro atoms. The Kier molecular flexibility index (Phi) is 6.76. The van der Waals surface area contributed by atoms with Crippen LogP contribution in [0, 0.1) is 6.92 Å². The molecule has 1 saturated heterocycles. The van der Waals surface area contributed by atoms with Crippen LogP contribution in [0.2, 0.25) is 0 Å². The van der Waals surface area contributed by atoms with Crippen LogP contribution in [-0.2, 0) is 0 Å². The van der Waals surface area contributed by atoms with Gasteiger partial charge in [0.25, 0.3) is 5.91 Å². The number of nitrogens with zero attached hydrogens (tertiary/aromatic N) is 2. The molecule has 0 aromatic heterocycles. The Morgan fingerprint density at radius 2 is 1.62 bits per heavy atom. The number of ether oxygens (including phenoxy) is 1. The van der Waals surface area contributed by atoms with Crippen molar-refractivity contribution in [2.45, 2.75) is 13.8 Å². The highest BCUT2D eigenvalue weighted by Crippen LogP contribution is 2.28. The van der Waals surface area contributed by atoms with Crippen LogP contribution in [0.4, 0.5) is 11.4 Å². The van der Waals surface area contributed by atoms with Gasteiger partial charge in [0.1, 0.15) is 5.75 Å². The van der Waals surface area contributed by atoms with Crippen LogP contribution in [0.15, 0.2) is 66.7 Å². The van der Waals surface area contributed by atoms with Crippen LogP contribution in [-0.4, -0.2) is 50.6 Å². The minimum absolute atomic E-state index is 0.0952. The third-order valence-corrected chi connectivity index (χ3v) is 6.29. The van der Waals surface area contributed by atoms with Gasteiger partial charge in [-0.15, -0.1) is 0 Å². The molecule has 1 aliphatic heterocycles. The van der Waals surface area contributed by atoms with E-state index in [1.54, 1.807) is 7.11 Å². The normalized spacial score (nSPS) is 14.3. The lowest BCUT2D eigenvalue weighted by Crippen LogP contribution is -2.46. The molecule has 3 aromatic carbocycles. The first kappa shape index (κ1) is 21.9. The highest BCUT2D eigenvalue weighted by Gasteiger charge is 2.16. The summed E-state index contributed by atoms with van der Waals surface area (Å²) in [4.78, 5) is 17.9. The van der Waals surface area contributed by atoms with Gasteiger partial charge in [-0.2, -0.15) is 0 Å². The topological polar surface area (TPSA) is 44.8 Å². The Labute approximate surface area is 190 Å². The van der Waals surface area contributed by atoms with Gasteiger partial charge in [0.05, 0.1) is 7.11 Å². The van der Waals surface area contributed by atoms with Crippen LogP contribution in [0.3, 0.4) is 0 Å². The van der Waals surface area contributed by atoms with Crippen molar-refractivity contribution in [3.63, 3.8) is 0 Å². The number of rotatable bonds is 6. The molecule has 0 atom stereocenters. The third-order valence-electron chi connectivity index (χ3n) is 6.29. The van der Waals surface area contributed by atoms with Gasteiger partial charge in [-0.1, -0.05) is 31.2 Å². The van der Waals surface area contributed by atoms with E-state index in [2.05, 4.69) is 34.2 Å². The third kappa shape index (κ3) is 4.78. The second-order valence-corrected chi connectivity index (χ2v) is 8.13. The number of hydrogen-bond donors (Lipinski definition) is 1. The molecule has 1 amide bonds. The first-order chi connectivity index (χ1) is 15.6. The number of likely N-dealkylation sites (N-methyl/N-ethyl adjacent to an activating group) is 1. The first-order valence-electron chi connectivity index (χ1n) is 11.2. The monoisotopic (exact) mass is 429 g/mol. The number of hydrogen-bond acceptors (Lipinski definition) is 4. The van der Waals surface area contributed by atoms with Crippen LogP contribution >= 0.6 is 0 Å². The van der Waals surface area contributed by atoms with E-state index >= 15 is 0 Å². The Morgan fingerprint density at radius 3 is 2.25 bits per heavy atom. The molecule has 5 nitrogen and oxygen atoms in total. The summed E-state index contributed by atoms with van der Waals surface area (Å²) in [5.41, 5.74) is 5.75. The summed E-state index contributed by atoms with van der Waals surface area (Å²) in [5.74, 6) is 0.721. The van der Waals surface area contributed by atoms with Crippen molar-refractivity contribution in [2.24, 2.45) is 0 Å². The predicted octanol–water partition coefficient (Wildman–Crippen LogP) is 5.06. The van der Waals surface area contributed by atoms with Crippen molar-refractivity contribution in [3.05, 3.63) is 77.9 Å². The molecular formula is C27H31N3O2. The smallest absolute Gasteiger partial charge is 0.255 e. The maximum Gasteiger partial charge on any atom is 0.255 e. The summed E-state index contributed by atoms with van der Waals surface area (Å²) in [5, 5.41) is 3.06. The van der Waals surface area contributed by atoms with Crippen LogP contribution in [0.25, 0.3) is 11.1 Å². The Hall–Kier alpha value is -3.31. The highest BCUT2D eigenvalue weighted by atomic mass is 16.5. The van der Waals surface area contributed by atoms with Gasteiger partial charge in [0.15, 0.2) is 0 Å². The average Bonchev–Trinajstić information content (AvgIpc) is 2.85. The number of nitrogens with one attached hydrogen (secondary N) is 1. The Balaban J connectivity index is 1.46. The first-order valence-corrected chi connectivity index (χ1v) is 11.2. The van der Waals surface area contributed by atoms with Crippen LogP contribution in [0.1, 0.15) is 22.8 Å². The molecular weight excluding hydrogens is 398 g/mol. The second kappa shape index (κ2) is 9.88. The molecule has 166 valence electrons. The molecule has 3 aromatic rings. The summed E-state index contributed by atoms with van der Waals surface area (Å²) in [6.07, 6.45) is 0. The van der Waals surface area contributed by atoms with E-state index in [0.29, 0.717) is 5.56 Å².